The number of nitrogens with zero attached hydrogens (tertiary/aromatic N) is 5. The number of anilines is 1. The Bertz CT molecular complexity index is 840. The fourth-order valence-corrected chi connectivity index (χ4v) is 3.86. The monoisotopic (exact) mass is 370 g/mol. The van der Waals surface area contributed by atoms with Crippen molar-refractivity contribution in [2.75, 3.05) is 44.2 Å². The molecule has 0 radical (unpaired) electrons. The maximum atomic E-state index is 12.2. The normalized spacial score (nSPS) is 19.7. The summed E-state index contributed by atoms with van der Waals surface area (Å²) >= 11 is 0. The number of hydrogen-bond donors (Lipinski definition) is 1. The van der Waals surface area contributed by atoms with Gasteiger partial charge in [0.25, 0.3) is 0 Å². The van der Waals surface area contributed by atoms with E-state index in [2.05, 4.69) is 39.3 Å². The highest BCUT2D eigenvalue weighted by molar-refractivity contribution is 6.07. The van der Waals surface area contributed by atoms with Crippen LogP contribution >= 0.6 is 0 Å². The molecule has 1 N–H and O–H groups in total. The highest BCUT2D eigenvalue weighted by atomic mass is 16.2. The minimum atomic E-state index is -0.376. The molecular formula is C19H26N6O2. The largest absolute Gasteiger partial charge is 0.328 e. The summed E-state index contributed by atoms with van der Waals surface area (Å²) in [7, 11) is 0. The van der Waals surface area contributed by atoms with Crippen molar-refractivity contribution in [3.63, 3.8) is 0 Å². The van der Waals surface area contributed by atoms with Crippen LogP contribution in [0.5, 0.6) is 0 Å². The molecule has 3 amide bonds. The molecule has 2 aromatic heterocycles. The van der Waals surface area contributed by atoms with Gasteiger partial charge in [0.05, 0.1) is 17.4 Å². The van der Waals surface area contributed by atoms with Crippen molar-refractivity contribution in [3.8, 4) is 0 Å². The van der Waals surface area contributed by atoms with E-state index in [9.17, 15) is 9.59 Å². The van der Waals surface area contributed by atoms with Crippen molar-refractivity contribution in [3.05, 3.63) is 30.1 Å². The van der Waals surface area contributed by atoms with Gasteiger partial charge in [0.1, 0.15) is 0 Å². The van der Waals surface area contributed by atoms with Gasteiger partial charge in [-0.05, 0) is 30.7 Å². The molecule has 8 nitrogen and oxygen atoms in total. The van der Waals surface area contributed by atoms with Crippen LogP contribution in [0.2, 0.25) is 0 Å². The third kappa shape index (κ3) is 3.81. The van der Waals surface area contributed by atoms with Gasteiger partial charge in [0.2, 0.25) is 5.91 Å². The fraction of sp³-hybridized carbons (Fsp3) is 0.526. The number of fused-ring (bicyclic) bond motifs is 1. The first kappa shape index (κ1) is 17.9. The number of hydrogen-bond acceptors (Lipinski definition) is 5. The Morgan fingerprint density at radius 3 is 2.63 bits per heavy atom. The second-order valence-corrected chi connectivity index (χ2v) is 7.27. The van der Waals surface area contributed by atoms with Gasteiger partial charge in [-0.25, -0.2) is 9.31 Å². The van der Waals surface area contributed by atoms with E-state index in [4.69, 9.17) is 0 Å². The van der Waals surface area contributed by atoms with Crippen LogP contribution in [0.1, 0.15) is 25.3 Å². The molecule has 2 saturated heterocycles. The lowest BCUT2D eigenvalue weighted by Crippen LogP contribution is -2.49. The summed E-state index contributed by atoms with van der Waals surface area (Å²) in [5.74, 6) is -0.226. The van der Waals surface area contributed by atoms with E-state index in [-0.39, 0.29) is 11.9 Å². The van der Waals surface area contributed by atoms with E-state index in [0.717, 1.165) is 43.9 Å². The molecule has 2 aromatic rings. The number of carbonyl (C=O) groups excluding carboxylic acids is 2. The van der Waals surface area contributed by atoms with Crippen LogP contribution in [0, 0.1) is 0 Å². The molecule has 0 saturated carbocycles. The van der Waals surface area contributed by atoms with E-state index in [1.807, 2.05) is 6.20 Å². The molecule has 0 spiro atoms. The SMILES string of the molecule is CCCN1CCN(Cc2ccn3ncc(N4CCC(=O)NC4=O)c3c2)CC1. The number of amides is 3. The first-order chi connectivity index (χ1) is 13.1. The summed E-state index contributed by atoms with van der Waals surface area (Å²) in [6.45, 7) is 9.08. The van der Waals surface area contributed by atoms with Crippen LogP contribution in [0.3, 0.4) is 0 Å². The molecule has 27 heavy (non-hydrogen) atoms. The molecule has 0 bridgehead atoms. The number of rotatable bonds is 5. The van der Waals surface area contributed by atoms with Gasteiger partial charge < -0.3 is 4.90 Å². The van der Waals surface area contributed by atoms with E-state index < -0.39 is 0 Å². The summed E-state index contributed by atoms with van der Waals surface area (Å²) < 4.78 is 1.78. The minimum Gasteiger partial charge on any atom is -0.301 e. The highest BCUT2D eigenvalue weighted by Crippen LogP contribution is 2.24. The van der Waals surface area contributed by atoms with E-state index in [0.29, 0.717) is 13.0 Å². The lowest BCUT2D eigenvalue weighted by molar-refractivity contribution is -0.120. The van der Waals surface area contributed by atoms with Crippen LogP contribution in [0.15, 0.2) is 24.5 Å². The van der Waals surface area contributed by atoms with Crippen LogP contribution in [-0.4, -0.2) is 70.6 Å². The summed E-state index contributed by atoms with van der Waals surface area (Å²) in [4.78, 5) is 30.2. The molecule has 8 heteroatoms. The number of imide groups is 1. The number of urea groups is 1. The third-order valence-electron chi connectivity index (χ3n) is 5.32. The van der Waals surface area contributed by atoms with Crippen LogP contribution in [0.25, 0.3) is 5.52 Å². The van der Waals surface area contributed by atoms with Gasteiger partial charge in [0.15, 0.2) is 0 Å². The molecule has 144 valence electrons. The summed E-state index contributed by atoms with van der Waals surface area (Å²) in [6, 6.07) is 3.81. The van der Waals surface area contributed by atoms with Gasteiger partial charge >= 0.3 is 6.03 Å². The molecule has 2 fully saturated rings. The Morgan fingerprint density at radius 2 is 1.89 bits per heavy atom. The molecule has 2 aliphatic heterocycles. The van der Waals surface area contributed by atoms with E-state index in [1.54, 1.807) is 15.6 Å². The lowest BCUT2D eigenvalue weighted by atomic mass is 10.2. The van der Waals surface area contributed by atoms with Gasteiger partial charge in [-0.2, -0.15) is 5.10 Å². The number of nitrogens with one attached hydrogen (secondary N) is 1. The summed E-state index contributed by atoms with van der Waals surface area (Å²) in [5.41, 5.74) is 2.85. The van der Waals surface area contributed by atoms with Crippen LogP contribution in [-0.2, 0) is 11.3 Å². The number of pyridine rings is 1. The number of piperazine rings is 1. The lowest BCUT2D eigenvalue weighted by Gasteiger charge is -2.34. The zero-order valence-corrected chi connectivity index (χ0v) is 15.7. The Labute approximate surface area is 158 Å². The average molecular weight is 370 g/mol. The zero-order chi connectivity index (χ0) is 18.8. The quantitative estimate of drug-likeness (QED) is 0.859. The van der Waals surface area contributed by atoms with Crippen LogP contribution < -0.4 is 10.2 Å². The molecule has 0 atom stereocenters. The second kappa shape index (κ2) is 7.66. The van der Waals surface area contributed by atoms with Crippen molar-refractivity contribution in [2.24, 2.45) is 0 Å². The zero-order valence-electron chi connectivity index (χ0n) is 15.7. The van der Waals surface area contributed by atoms with Gasteiger partial charge in [0, 0.05) is 51.9 Å². The standard InChI is InChI=1S/C19H26N6O2/c1-2-5-22-8-10-23(11-9-22)14-15-3-7-25-16(12-15)17(13-20-25)24-6-4-18(26)21-19(24)27/h3,7,12-13H,2,4-6,8-11,14H2,1H3,(H,21,26,27). The van der Waals surface area contributed by atoms with Crippen molar-refractivity contribution in [1.29, 1.82) is 0 Å². The van der Waals surface area contributed by atoms with Crippen LogP contribution in [0.4, 0.5) is 10.5 Å². The highest BCUT2D eigenvalue weighted by Gasteiger charge is 2.26. The predicted molar refractivity (Wildman–Crippen MR) is 103 cm³/mol. The molecule has 4 rings (SSSR count). The number of carbonyl (C=O) groups is 2. The first-order valence-corrected chi connectivity index (χ1v) is 9.66. The van der Waals surface area contributed by atoms with Crippen molar-refractivity contribution < 1.29 is 9.59 Å². The van der Waals surface area contributed by atoms with E-state index in [1.165, 1.54) is 18.5 Å². The maximum Gasteiger partial charge on any atom is 0.328 e. The van der Waals surface area contributed by atoms with Crippen molar-refractivity contribution >= 4 is 23.1 Å². The maximum absolute atomic E-state index is 12.2. The number of aromatic nitrogens is 2. The first-order valence-electron chi connectivity index (χ1n) is 9.66. The van der Waals surface area contributed by atoms with Gasteiger partial charge in [-0.3, -0.25) is 19.9 Å². The fourth-order valence-electron chi connectivity index (χ4n) is 3.86. The Kier molecular flexibility index (Phi) is 5.09. The summed E-state index contributed by atoms with van der Waals surface area (Å²) in [6.07, 6.45) is 5.15. The molecular weight excluding hydrogens is 344 g/mol. The predicted octanol–water partition coefficient (Wildman–Crippen LogP) is 1.31. The third-order valence-corrected chi connectivity index (χ3v) is 5.32. The minimum absolute atomic E-state index is 0.226. The second-order valence-electron chi connectivity index (χ2n) is 7.27. The smallest absolute Gasteiger partial charge is 0.301 e. The Balaban J connectivity index is 1.49. The molecule has 0 aliphatic carbocycles. The van der Waals surface area contributed by atoms with Crippen molar-refractivity contribution in [1.82, 2.24) is 24.7 Å². The topological polar surface area (TPSA) is 73.2 Å². The molecule has 4 heterocycles. The summed E-state index contributed by atoms with van der Waals surface area (Å²) in [5, 5.41) is 6.73. The molecule has 0 unspecified atom stereocenters. The molecule has 2 aliphatic rings. The average Bonchev–Trinajstić information content (AvgIpc) is 3.07. The molecule has 0 aromatic carbocycles. The Hall–Kier alpha value is -2.45. The Morgan fingerprint density at radius 1 is 1.11 bits per heavy atom. The van der Waals surface area contributed by atoms with Crippen molar-refractivity contribution in [2.45, 2.75) is 26.3 Å². The van der Waals surface area contributed by atoms with Gasteiger partial charge in [-0.15, -0.1) is 0 Å². The van der Waals surface area contributed by atoms with E-state index >= 15 is 0 Å². The van der Waals surface area contributed by atoms with Gasteiger partial charge in [-0.1, -0.05) is 6.92 Å².